The Morgan fingerprint density at radius 3 is 1.44 bits per heavy atom. The topological polar surface area (TPSA) is 0 Å². The van der Waals surface area contributed by atoms with Gasteiger partial charge in [0.05, 0.1) is 0 Å². The van der Waals surface area contributed by atoms with Gasteiger partial charge in [-0.15, -0.1) is 0 Å². The van der Waals surface area contributed by atoms with E-state index in [1.165, 1.54) is 0 Å². The van der Waals surface area contributed by atoms with Crippen LogP contribution in [-0.4, -0.2) is 24.4 Å². The fourth-order valence-electron chi connectivity index (χ4n) is 0.822. The number of rotatable bonds is 5. The fourth-order valence-corrected chi connectivity index (χ4v) is 0.822. The van der Waals surface area contributed by atoms with Crippen LogP contribution in [0.15, 0.2) is 0 Å². The maximum Gasteiger partial charge on any atom is 0.374 e. The van der Waals surface area contributed by atoms with Crippen LogP contribution in [0, 0.1) is 0 Å². The smallest absolute Gasteiger partial charge is 0.244 e. The van der Waals surface area contributed by atoms with Crippen LogP contribution in [0.1, 0.15) is 33.6 Å². The molecule has 0 bridgehead atoms. The Morgan fingerprint density at radius 2 is 1.19 bits per heavy atom. The second-order valence-corrected chi connectivity index (χ2v) is 2.87. The molecule has 0 aliphatic carbocycles. The lowest BCUT2D eigenvalue weighted by atomic mass is 10.0. The molecule has 0 atom stereocenters. The summed E-state index contributed by atoms with van der Waals surface area (Å²) in [6, 6.07) is 0. The first-order valence-corrected chi connectivity index (χ1v) is 4.82. The van der Waals surface area contributed by atoms with Gasteiger partial charge in [0, 0.05) is 6.42 Å². The van der Waals surface area contributed by atoms with Crippen LogP contribution in [0.25, 0.3) is 0 Å². The molecule has 0 saturated heterocycles. The molecule has 0 aromatic carbocycles. The van der Waals surface area contributed by atoms with Crippen molar-refractivity contribution in [1.29, 1.82) is 0 Å². The average Bonchev–Trinajstić information content (AvgIpc) is 2.20. The van der Waals surface area contributed by atoms with Gasteiger partial charge in [0.2, 0.25) is 0 Å². The quantitative estimate of drug-likeness (QED) is 0.626. The van der Waals surface area contributed by atoms with Gasteiger partial charge in [-0.25, -0.2) is 4.39 Å². The van der Waals surface area contributed by atoms with Gasteiger partial charge in [-0.3, -0.25) is 0 Å². The Labute approximate surface area is 89.8 Å². The largest absolute Gasteiger partial charge is 0.374 e. The van der Waals surface area contributed by atoms with Crippen molar-refractivity contribution in [2.75, 3.05) is 6.67 Å². The van der Waals surface area contributed by atoms with E-state index in [1.807, 2.05) is 13.8 Å². The molecule has 0 amide bonds. The highest BCUT2D eigenvalue weighted by atomic mass is 19.3. The lowest BCUT2D eigenvalue weighted by molar-refractivity contribution is -0.313. The lowest BCUT2D eigenvalue weighted by Gasteiger charge is -2.31. The molecule has 16 heavy (non-hydrogen) atoms. The highest BCUT2D eigenvalue weighted by Gasteiger charge is 2.70. The highest BCUT2D eigenvalue weighted by molar-refractivity contribution is 4.95. The Balaban J connectivity index is 0. The van der Waals surface area contributed by atoms with E-state index in [0.29, 0.717) is 0 Å². The molecule has 0 unspecified atom stereocenters. The summed E-state index contributed by atoms with van der Waals surface area (Å²) in [6.45, 7) is 2.33. The Kier molecular flexibility index (Phi) is 7.04. The number of hydrogen-bond acceptors (Lipinski definition) is 0. The molecule has 0 aliphatic heterocycles. The minimum Gasteiger partial charge on any atom is -0.244 e. The second kappa shape index (κ2) is 6.30. The van der Waals surface area contributed by atoms with Crippen LogP contribution >= 0.6 is 0 Å². The minimum atomic E-state index is -5.65. The van der Waals surface area contributed by atoms with Gasteiger partial charge < -0.3 is 0 Å². The maximum atomic E-state index is 12.5. The van der Waals surface area contributed by atoms with Crippen molar-refractivity contribution in [3.63, 3.8) is 0 Å². The Bertz CT molecular complexity index is 188. The van der Waals surface area contributed by atoms with E-state index in [1.54, 1.807) is 0 Å². The molecule has 7 heteroatoms. The van der Waals surface area contributed by atoms with E-state index in [-0.39, 0.29) is 0 Å². The molecule has 0 rings (SSSR count). The predicted octanol–water partition coefficient (Wildman–Crippen LogP) is 4.69. The van der Waals surface area contributed by atoms with E-state index in [2.05, 4.69) is 0 Å². The van der Waals surface area contributed by atoms with Crippen molar-refractivity contribution in [3.05, 3.63) is 0 Å². The molecule has 0 aliphatic rings. The van der Waals surface area contributed by atoms with Gasteiger partial charge in [-0.05, 0) is 0 Å². The lowest BCUT2D eigenvalue weighted by Crippen LogP contribution is -2.55. The van der Waals surface area contributed by atoms with Crippen LogP contribution in [0.4, 0.5) is 30.7 Å². The third kappa shape index (κ3) is 3.52. The maximum absolute atomic E-state index is 12.5. The molecule has 0 fully saturated rings. The van der Waals surface area contributed by atoms with Crippen molar-refractivity contribution < 1.29 is 30.7 Å². The van der Waals surface area contributed by atoms with Crippen molar-refractivity contribution >= 4 is 0 Å². The van der Waals surface area contributed by atoms with E-state index in [4.69, 9.17) is 0 Å². The van der Waals surface area contributed by atoms with Gasteiger partial charge in [0.15, 0.2) is 6.67 Å². The summed E-state index contributed by atoms with van der Waals surface area (Å²) in [4.78, 5) is 0. The normalized spacial score (nSPS) is 13.1. The third-order valence-corrected chi connectivity index (χ3v) is 1.65. The minimum absolute atomic E-state index is 0.398. The molecule has 0 saturated carbocycles. The summed E-state index contributed by atoms with van der Waals surface area (Å²) < 4.78 is 85.6. The Morgan fingerprint density at radius 1 is 0.812 bits per heavy atom. The first-order chi connectivity index (χ1) is 7.12. The molecule has 0 aromatic rings. The van der Waals surface area contributed by atoms with Crippen molar-refractivity contribution in [2.45, 2.75) is 51.4 Å². The molecule has 0 radical (unpaired) electrons. The van der Waals surface area contributed by atoms with Gasteiger partial charge in [0.25, 0.3) is 0 Å². The molecular formula is C9H15F7. The second-order valence-electron chi connectivity index (χ2n) is 2.87. The first-order valence-electron chi connectivity index (χ1n) is 4.82. The zero-order valence-electron chi connectivity index (χ0n) is 9.27. The zero-order valence-corrected chi connectivity index (χ0v) is 9.27. The molecule has 0 aromatic heterocycles. The van der Waals surface area contributed by atoms with E-state index < -0.39 is 37.3 Å². The molecular weight excluding hydrogens is 241 g/mol. The summed E-state index contributed by atoms with van der Waals surface area (Å²) in [5.41, 5.74) is 0. The van der Waals surface area contributed by atoms with Crippen LogP contribution in [0.2, 0.25) is 0 Å². The van der Waals surface area contributed by atoms with Crippen LogP contribution in [-0.2, 0) is 0 Å². The zero-order chi connectivity index (χ0) is 13.6. The summed E-state index contributed by atoms with van der Waals surface area (Å²) in [5, 5.41) is 0. The van der Waals surface area contributed by atoms with E-state index >= 15 is 0 Å². The van der Waals surface area contributed by atoms with Gasteiger partial charge in [-0.2, -0.15) is 26.3 Å². The van der Waals surface area contributed by atoms with Crippen LogP contribution in [0.3, 0.4) is 0 Å². The van der Waals surface area contributed by atoms with Gasteiger partial charge >= 0.3 is 17.8 Å². The van der Waals surface area contributed by atoms with Crippen LogP contribution < -0.4 is 0 Å². The molecule has 0 spiro atoms. The SMILES string of the molecule is CC.CCCC(F)(F)C(F)(F)C(F)(F)CF. The number of alkyl halides is 7. The molecule has 0 nitrogen and oxygen atoms in total. The molecule has 0 N–H and O–H groups in total. The summed E-state index contributed by atoms with van der Waals surface area (Å²) in [5.74, 6) is -15.9. The van der Waals surface area contributed by atoms with Gasteiger partial charge in [-0.1, -0.05) is 27.2 Å². The number of halogens is 7. The monoisotopic (exact) mass is 256 g/mol. The average molecular weight is 256 g/mol. The first kappa shape index (κ1) is 17.9. The molecule has 0 heterocycles. The summed E-state index contributed by atoms with van der Waals surface area (Å²) in [7, 11) is 0. The highest BCUT2D eigenvalue weighted by Crippen LogP contribution is 2.47. The van der Waals surface area contributed by atoms with Crippen LogP contribution in [0.5, 0.6) is 0 Å². The number of hydrogen-bond donors (Lipinski definition) is 0. The van der Waals surface area contributed by atoms with E-state index in [0.717, 1.165) is 6.92 Å². The fraction of sp³-hybridized carbons (Fsp3) is 1.00. The van der Waals surface area contributed by atoms with Crippen molar-refractivity contribution in [3.8, 4) is 0 Å². The van der Waals surface area contributed by atoms with E-state index in [9.17, 15) is 30.7 Å². The summed E-state index contributed by atoms with van der Waals surface area (Å²) in [6.07, 6.45) is -1.81. The van der Waals surface area contributed by atoms with Crippen molar-refractivity contribution in [2.24, 2.45) is 0 Å². The molecule has 100 valence electrons. The Hall–Kier alpha value is -0.490. The predicted molar refractivity (Wildman–Crippen MR) is 47.1 cm³/mol. The third-order valence-electron chi connectivity index (χ3n) is 1.65. The van der Waals surface area contributed by atoms with Crippen molar-refractivity contribution in [1.82, 2.24) is 0 Å². The summed E-state index contributed by atoms with van der Waals surface area (Å²) >= 11 is 0. The standard InChI is InChI=1S/C7H9F7.C2H6/c1-2-3-5(9,10)7(13,14)6(11,12)4-8;1-2/h2-4H2,1H3;1-2H3. The van der Waals surface area contributed by atoms with Gasteiger partial charge in [0.1, 0.15) is 0 Å².